The summed E-state index contributed by atoms with van der Waals surface area (Å²) < 4.78 is 11.6. The van der Waals surface area contributed by atoms with E-state index in [0.717, 1.165) is 21.5 Å². The predicted octanol–water partition coefficient (Wildman–Crippen LogP) is 1.85. The van der Waals surface area contributed by atoms with Crippen molar-refractivity contribution in [3.63, 3.8) is 0 Å². The molecule has 2 N–H and O–H groups in total. The topological polar surface area (TPSA) is 44.5 Å². The van der Waals surface area contributed by atoms with Gasteiger partial charge in [-0.3, -0.25) is 0 Å². The van der Waals surface area contributed by atoms with Crippen molar-refractivity contribution in [3.8, 4) is 11.5 Å². The smallest absolute Gasteiger partial charge is 0.142 e. The minimum atomic E-state index is -0.0811. The molecule has 70 valence electrons. The Labute approximate surface area is 85.0 Å². The standard InChI is InChI=1S/C9H10BrNO2/c1-12-7-3-2-5(10)9-8(7)6(11)4-13-9/h2-3,6H,4,11H2,1H3/t6-/m0/s1. The lowest BCUT2D eigenvalue weighted by Crippen LogP contribution is -2.11. The Bertz CT molecular complexity index is 341. The number of halogens is 1. The zero-order valence-corrected chi connectivity index (χ0v) is 8.80. The van der Waals surface area contributed by atoms with Crippen LogP contribution in [-0.2, 0) is 0 Å². The lowest BCUT2D eigenvalue weighted by molar-refractivity contribution is 0.331. The Morgan fingerprint density at radius 1 is 1.62 bits per heavy atom. The molecule has 3 nitrogen and oxygen atoms in total. The summed E-state index contributed by atoms with van der Waals surface area (Å²) in [6.45, 7) is 0.522. The molecule has 1 aromatic rings. The number of methoxy groups -OCH3 is 1. The first-order valence-corrected chi connectivity index (χ1v) is 4.78. The molecular weight excluding hydrogens is 234 g/mol. The molecule has 1 aliphatic rings. The van der Waals surface area contributed by atoms with Crippen LogP contribution in [0.5, 0.6) is 11.5 Å². The van der Waals surface area contributed by atoms with Gasteiger partial charge in [-0.15, -0.1) is 0 Å². The van der Waals surface area contributed by atoms with E-state index in [1.165, 1.54) is 0 Å². The number of ether oxygens (including phenoxy) is 2. The summed E-state index contributed by atoms with van der Waals surface area (Å²) in [6, 6.07) is 3.70. The first-order valence-electron chi connectivity index (χ1n) is 3.99. The highest BCUT2D eigenvalue weighted by Gasteiger charge is 2.26. The van der Waals surface area contributed by atoms with Gasteiger partial charge in [-0.25, -0.2) is 0 Å². The maximum atomic E-state index is 5.87. The van der Waals surface area contributed by atoms with E-state index in [0.29, 0.717) is 6.61 Å². The van der Waals surface area contributed by atoms with Gasteiger partial charge in [-0.2, -0.15) is 0 Å². The quantitative estimate of drug-likeness (QED) is 0.819. The monoisotopic (exact) mass is 243 g/mol. The maximum absolute atomic E-state index is 5.87. The fourth-order valence-electron chi connectivity index (χ4n) is 1.49. The molecule has 1 atom stereocenters. The number of hydrogen-bond donors (Lipinski definition) is 1. The molecule has 1 aromatic carbocycles. The van der Waals surface area contributed by atoms with Crippen LogP contribution in [0.1, 0.15) is 11.6 Å². The summed E-state index contributed by atoms with van der Waals surface area (Å²) in [6.07, 6.45) is 0. The molecule has 1 heterocycles. The minimum Gasteiger partial charge on any atom is -0.496 e. The molecule has 0 aromatic heterocycles. The molecule has 0 spiro atoms. The molecule has 0 saturated carbocycles. The normalized spacial score (nSPS) is 19.5. The Morgan fingerprint density at radius 3 is 3.08 bits per heavy atom. The first kappa shape index (κ1) is 8.84. The van der Waals surface area contributed by atoms with Crippen LogP contribution in [0.2, 0.25) is 0 Å². The third-order valence-corrected chi connectivity index (χ3v) is 2.73. The number of rotatable bonds is 1. The van der Waals surface area contributed by atoms with E-state index < -0.39 is 0 Å². The van der Waals surface area contributed by atoms with E-state index in [-0.39, 0.29) is 6.04 Å². The number of fused-ring (bicyclic) bond motifs is 1. The van der Waals surface area contributed by atoms with Crippen LogP contribution < -0.4 is 15.2 Å². The second-order valence-electron chi connectivity index (χ2n) is 2.91. The average Bonchev–Trinajstić information content (AvgIpc) is 2.51. The fraction of sp³-hybridized carbons (Fsp3) is 0.333. The largest absolute Gasteiger partial charge is 0.496 e. The van der Waals surface area contributed by atoms with Crippen molar-refractivity contribution in [2.75, 3.05) is 13.7 Å². The summed E-state index contributed by atoms with van der Waals surface area (Å²) in [5, 5.41) is 0. The van der Waals surface area contributed by atoms with E-state index in [1.807, 2.05) is 12.1 Å². The highest BCUT2D eigenvalue weighted by molar-refractivity contribution is 9.10. The van der Waals surface area contributed by atoms with E-state index >= 15 is 0 Å². The van der Waals surface area contributed by atoms with Gasteiger partial charge in [-0.1, -0.05) is 0 Å². The molecule has 2 rings (SSSR count). The Hall–Kier alpha value is -0.740. The van der Waals surface area contributed by atoms with Gasteiger partial charge in [0.25, 0.3) is 0 Å². The Kier molecular flexibility index (Phi) is 2.17. The Morgan fingerprint density at radius 2 is 2.38 bits per heavy atom. The van der Waals surface area contributed by atoms with E-state index in [2.05, 4.69) is 15.9 Å². The van der Waals surface area contributed by atoms with E-state index in [9.17, 15) is 0 Å². The number of hydrogen-bond acceptors (Lipinski definition) is 3. The number of nitrogens with two attached hydrogens (primary N) is 1. The van der Waals surface area contributed by atoms with Crippen LogP contribution in [-0.4, -0.2) is 13.7 Å². The molecule has 0 amide bonds. The zero-order valence-electron chi connectivity index (χ0n) is 7.21. The van der Waals surface area contributed by atoms with Gasteiger partial charge in [0.2, 0.25) is 0 Å². The van der Waals surface area contributed by atoms with Gasteiger partial charge in [0.1, 0.15) is 18.1 Å². The minimum absolute atomic E-state index is 0.0811. The van der Waals surface area contributed by atoms with Crippen molar-refractivity contribution in [3.05, 3.63) is 22.2 Å². The molecule has 0 saturated heterocycles. The van der Waals surface area contributed by atoms with E-state index in [1.54, 1.807) is 7.11 Å². The predicted molar refractivity (Wildman–Crippen MR) is 53.1 cm³/mol. The zero-order chi connectivity index (χ0) is 9.42. The molecular formula is C9H10BrNO2. The summed E-state index contributed by atoms with van der Waals surface area (Å²) in [5.74, 6) is 1.61. The second kappa shape index (κ2) is 3.20. The lowest BCUT2D eigenvalue weighted by atomic mass is 10.1. The molecule has 1 aliphatic heterocycles. The summed E-state index contributed by atoms with van der Waals surface area (Å²) in [4.78, 5) is 0. The highest BCUT2D eigenvalue weighted by atomic mass is 79.9. The Balaban J connectivity index is 2.60. The summed E-state index contributed by atoms with van der Waals surface area (Å²) >= 11 is 3.40. The third-order valence-electron chi connectivity index (χ3n) is 2.11. The van der Waals surface area contributed by atoms with Crippen molar-refractivity contribution in [2.45, 2.75) is 6.04 Å². The van der Waals surface area contributed by atoms with Gasteiger partial charge >= 0.3 is 0 Å². The van der Waals surface area contributed by atoms with E-state index in [4.69, 9.17) is 15.2 Å². The van der Waals surface area contributed by atoms with Gasteiger partial charge in [0.15, 0.2) is 0 Å². The van der Waals surface area contributed by atoms with Crippen molar-refractivity contribution in [1.29, 1.82) is 0 Å². The molecule has 4 heteroatoms. The van der Waals surface area contributed by atoms with Crippen molar-refractivity contribution < 1.29 is 9.47 Å². The van der Waals surface area contributed by atoms with Crippen LogP contribution in [0.3, 0.4) is 0 Å². The molecule has 0 radical (unpaired) electrons. The maximum Gasteiger partial charge on any atom is 0.142 e. The molecule has 0 fully saturated rings. The lowest BCUT2D eigenvalue weighted by Gasteiger charge is -2.08. The van der Waals surface area contributed by atoms with Crippen molar-refractivity contribution in [1.82, 2.24) is 0 Å². The SMILES string of the molecule is COc1ccc(Br)c2c1[C@@H](N)CO2. The third kappa shape index (κ3) is 1.30. The molecule has 0 unspecified atom stereocenters. The van der Waals surface area contributed by atoms with Crippen LogP contribution in [0.15, 0.2) is 16.6 Å². The molecule has 0 bridgehead atoms. The average molecular weight is 244 g/mol. The summed E-state index contributed by atoms with van der Waals surface area (Å²) in [5.41, 5.74) is 6.82. The van der Waals surface area contributed by atoms with Gasteiger partial charge < -0.3 is 15.2 Å². The molecule has 0 aliphatic carbocycles. The summed E-state index contributed by atoms with van der Waals surface area (Å²) in [7, 11) is 1.63. The highest BCUT2D eigenvalue weighted by Crippen LogP contribution is 2.42. The molecule has 13 heavy (non-hydrogen) atoms. The second-order valence-corrected chi connectivity index (χ2v) is 3.76. The van der Waals surface area contributed by atoms with Crippen LogP contribution in [0.4, 0.5) is 0 Å². The van der Waals surface area contributed by atoms with Crippen LogP contribution in [0.25, 0.3) is 0 Å². The van der Waals surface area contributed by atoms with Crippen LogP contribution in [0, 0.1) is 0 Å². The van der Waals surface area contributed by atoms with Crippen LogP contribution >= 0.6 is 15.9 Å². The van der Waals surface area contributed by atoms with Crippen molar-refractivity contribution in [2.24, 2.45) is 5.73 Å². The van der Waals surface area contributed by atoms with Gasteiger partial charge in [0.05, 0.1) is 23.2 Å². The van der Waals surface area contributed by atoms with Gasteiger partial charge in [-0.05, 0) is 28.1 Å². The first-order chi connectivity index (χ1) is 6.24. The van der Waals surface area contributed by atoms with Crippen molar-refractivity contribution >= 4 is 15.9 Å². The number of benzene rings is 1. The van der Waals surface area contributed by atoms with Gasteiger partial charge in [0, 0.05) is 0 Å². The fourth-order valence-corrected chi connectivity index (χ4v) is 1.95.